The van der Waals surface area contributed by atoms with Gasteiger partial charge in [-0.25, -0.2) is 0 Å². The Balaban J connectivity index is 1.69. The van der Waals surface area contributed by atoms with E-state index in [1.54, 1.807) is 30.3 Å². The number of amides is 3. The molecule has 0 atom stereocenters. The van der Waals surface area contributed by atoms with Gasteiger partial charge in [0.15, 0.2) is 6.61 Å². The Labute approximate surface area is 183 Å². The summed E-state index contributed by atoms with van der Waals surface area (Å²) in [7, 11) is 0. The van der Waals surface area contributed by atoms with Crippen molar-refractivity contribution in [1.82, 2.24) is 16.2 Å². The van der Waals surface area contributed by atoms with Crippen LogP contribution in [0.2, 0.25) is 10.0 Å². The summed E-state index contributed by atoms with van der Waals surface area (Å²) in [5, 5.41) is 3.14. The highest BCUT2D eigenvalue weighted by Gasteiger charge is 2.11. The maximum atomic E-state index is 12.1. The number of carbonyl (C=O) groups excluding carboxylic acids is 3. The molecule has 0 radical (unpaired) electrons. The average Bonchev–Trinajstić information content (AvgIpc) is 2.70. The van der Waals surface area contributed by atoms with Gasteiger partial charge in [0.25, 0.3) is 17.7 Å². The van der Waals surface area contributed by atoms with Crippen molar-refractivity contribution >= 4 is 40.9 Å². The predicted molar refractivity (Wildman–Crippen MR) is 113 cm³/mol. The fourth-order valence-electron chi connectivity index (χ4n) is 2.17. The van der Waals surface area contributed by atoms with E-state index in [9.17, 15) is 14.4 Å². The molecule has 2 aromatic carbocycles. The summed E-state index contributed by atoms with van der Waals surface area (Å²) in [6, 6.07) is 11.1. The van der Waals surface area contributed by atoms with Gasteiger partial charge in [-0.15, -0.1) is 0 Å². The Morgan fingerprint density at radius 2 is 1.63 bits per heavy atom. The molecule has 0 spiro atoms. The predicted octanol–water partition coefficient (Wildman–Crippen LogP) is 2.74. The molecule has 30 heavy (non-hydrogen) atoms. The number of ether oxygens (including phenoxy) is 2. The molecule has 0 unspecified atom stereocenters. The molecule has 0 aliphatic carbocycles. The maximum Gasteiger partial charge on any atom is 0.276 e. The van der Waals surface area contributed by atoms with E-state index in [2.05, 4.69) is 16.2 Å². The lowest BCUT2D eigenvalue weighted by atomic mass is 10.2. The molecule has 0 saturated heterocycles. The largest absolute Gasteiger partial charge is 0.491 e. The van der Waals surface area contributed by atoms with Gasteiger partial charge in [0.05, 0.1) is 17.7 Å². The molecular weight excluding hydrogens is 433 g/mol. The van der Waals surface area contributed by atoms with Crippen LogP contribution in [0.15, 0.2) is 42.5 Å². The van der Waals surface area contributed by atoms with Crippen LogP contribution in [0, 0.1) is 0 Å². The highest BCUT2D eigenvalue weighted by Crippen LogP contribution is 2.27. The lowest BCUT2D eigenvalue weighted by molar-refractivity contribution is -0.129. The monoisotopic (exact) mass is 453 g/mol. The van der Waals surface area contributed by atoms with Crippen LogP contribution < -0.4 is 25.6 Å². The minimum absolute atomic E-state index is 0.0251. The minimum Gasteiger partial charge on any atom is -0.491 e. The molecule has 3 N–H and O–H groups in total. The number of hydrazine groups is 1. The SMILES string of the molecule is CC(C)Oc1ccc(C(=O)NCC(=O)NNC(=O)COc2ccc(Cl)cc2Cl)cc1. The van der Waals surface area contributed by atoms with Crippen molar-refractivity contribution in [3.05, 3.63) is 58.1 Å². The van der Waals surface area contributed by atoms with Crippen molar-refractivity contribution in [2.24, 2.45) is 0 Å². The number of nitrogens with one attached hydrogen (secondary N) is 3. The highest BCUT2D eigenvalue weighted by molar-refractivity contribution is 6.35. The van der Waals surface area contributed by atoms with E-state index in [1.807, 2.05) is 13.8 Å². The van der Waals surface area contributed by atoms with Crippen LogP contribution in [0.3, 0.4) is 0 Å². The molecule has 160 valence electrons. The van der Waals surface area contributed by atoms with Gasteiger partial charge in [0.1, 0.15) is 11.5 Å². The number of rotatable bonds is 8. The van der Waals surface area contributed by atoms with Crippen LogP contribution in [0.25, 0.3) is 0 Å². The summed E-state index contributed by atoms with van der Waals surface area (Å²) >= 11 is 11.7. The smallest absolute Gasteiger partial charge is 0.276 e. The molecule has 0 saturated carbocycles. The molecule has 0 aliphatic rings. The zero-order chi connectivity index (χ0) is 22.1. The van der Waals surface area contributed by atoms with Gasteiger partial charge in [-0.05, 0) is 56.3 Å². The van der Waals surface area contributed by atoms with Gasteiger partial charge in [-0.2, -0.15) is 0 Å². The molecule has 0 aliphatic heterocycles. The van der Waals surface area contributed by atoms with E-state index in [1.165, 1.54) is 12.1 Å². The van der Waals surface area contributed by atoms with Crippen molar-refractivity contribution in [2.75, 3.05) is 13.2 Å². The van der Waals surface area contributed by atoms with E-state index >= 15 is 0 Å². The third-order valence-corrected chi connectivity index (χ3v) is 4.02. The number of benzene rings is 2. The quantitative estimate of drug-likeness (QED) is 0.532. The van der Waals surface area contributed by atoms with E-state index in [0.717, 1.165) is 0 Å². The number of carbonyl (C=O) groups is 3. The molecule has 3 amide bonds. The van der Waals surface area contributed by atoms with Crippen LogP contribution in [0.1, 0.15) is 24.2 Å². The second-order valence-electron chi connectivity index (χ2n) is 6.33. The molecule has 8 nitrogen and oxygen atoms in total. The molecule has 2 aromatic rings. The van der Waals surface area contributed by atoms with E-state index in [0.29, 0.717) is 16.3 Å². The summed E-state index contributed by atoms with van der Waals surface area (Å²) in [6.45, 7) is 3.10. The lowest BCUT2D eigenvalue weighted by Crippen LogP contribution is -2.47. The van der Waals surface area contributed by atoms with Crippen molar-refractivity contribution < 1.29 is 23.9 Å². The maximum absolute atomic E-state index is 12.1. The standard InChI is InChI=1S/C20H21Cl2N3O5/c1-12(2)30-15-6-3-13(4-7-15)20(28)23-10-18(26)24-25-19(27)11-29-17-8-5-14(21)9-16(17)22/h3-9,12H,10-11H2,1-2H3,(H,23,28)(H,24,26)(H,25,27). The third-order valence-electron chi connectivity index (χ3n) is 3.49. The molecule has 0 heterocycles. The fourth-order valence-corrected chi connectivity index (χ4v) is 2.64. The van der Waals surface area contributed by atoms with E-state index in [-0.39, 0.29) is 30.0 Å². The van der Waals surface area contributed by atoms with Crippen LogP contribution >= 0.6 is 23.2 Å². The first-order valence-corrected chi connectivity index (χ1v) is 9.70. The normalized spacial score (nSPS) is 10.3. The Hall–Kier alpha value is -2.97. The summed E-state index contributed by atoms with van der Waals surface area (Å²) in [6.07, 6.45) is 0.0251. The summed E-state index contributed by atoms with van der Waals surface area (Å²) in [4.78, 5) is 35.6. The summed E-state index contributed by atoms with van der Waals surface area (Å²) in [5.74, 6) is -0.737. The topological polar surface area (TPSA) is 106 Å². The molecule has 2 rings (SSSR count). The van der Waals surface area contributed by atoms with Crippen LogP contribution in [0.5, 0.6) is 11.5 Å². The Bertz CT molecular complexity index is 904. The van der Waals surface area contributed by atoms with Gasteiger partial charge in [-0.1, -0.05) is 23.2 Å². The first-order chi connectivity index (χ1) is 14.2. The van der Waals surface area contributed by atoms with Gasteiger partial charge in [0.2, 0.25) is 0 Å². The first kappa shape index (κ1) is 23.3. The first-order valence-electron chi connectivity index (χ1n) is 8.95. The van der Waals surface area contributed by atoms with Crippen molar-refractivity contribution in [3.8, 4) is 11.5 Å². The lowest BCUT2D eigenvalue weighted by Gasteiger charge is -2.11. The Kier molecular flexibility index (Phi) is 8.76. The zero-order valence-electron chi connectivity index (χ0n) is 16.3. The van der Waals surface area contributed by atoms with Gasteiger partial charge in [0, 0.05) is 10.6 Å². The zero-order valence-corrected chi connectivity index (χ0v) is 17.8. The van der Waals surface area contributed by atoms with Crippen LogP contribution in [-0.4, -0.2) is 37.0 Å². The Morgan fingerprint density at radius 3 is 2.27 bits per heavy atom. The average molecular weight is 454 g/mol. The van der Waals surface area contributed by atoms with Crippen molar-refractivity contribution in [1.29, 1.82) is 0 Å². The second kappa shape index (κ2) is 11.3. The number of hydrogen-bond donors (Lipinski definition) is 3. The molecule has 0 bridgehead atoms. The minimum atomic E-state index is -0.610. The second-order valence-corrected chi connectivity index (χ2v) is 7.18. The number of hydrogen-bond acceptors (Lipinski definition) is 5. The fraction of sp³-hybridized carbons (Fsp3) is 0.250. The van der Waals surface area contributed by atoms with Crippen LogP contribution in [-0.2, 0) is 9.59 Å². The van der Waals surface area contributed by atoms with Gasteiger partial charge < -0.3 is 14.8 Å². The molecule has 10 heteroatoms. The summed E-state index contributed by atoms with van der Waals surface area (Å²) < 4.78 is 10.7. The highest BCUT2D eigenvalue weighted by atomic mass is 35.5. The van der Waals surface area contributed by atoms with Crippen molar-refractivity contribution in [3.63, 3.8) is 0 Å². The van der Waals surface area contributed by atoms with Gasteiger partial charge >= 0.3 is 0 Å². The van der Waals surface area contributed by atoms with E-state index in [4.69, 9.17) is 32.7 Å². The summed E-state index contributed by atoms with van der Waals surface area (Å²) in [5.41, 5.74) is 4.72. The molecule has 0 aromatic heterocycles. The van der Waals surface area contributed by atoms with Crippen LogP contribution in [0.4, 0.5) is 0 Å². The molecular formula is C20H21Cl2N3O5. The van der Waals surface area contributed by atoms with E-state index < -0.39 is 17.7 Å². The van der Waals surface area contributed by atoms with Gasteiger partial charge in [-0.3, -0.25) is 25.2 Å². The third kappa shape index (κ3) is 7.81. The number of halogens is 2. The molecule has 0 fully saturated rings. The van der Waals surface area contributed by atoms with Crippen molar-refractivity contribution in [2.45, 2.75) is 20.0 Å². The Morgan fingerprint density at radius 1 is 0.967 bits per heavy atom.